The summed E-state index contributed by atoms with van der Waals surface area (Å²) < 4.78 is 4.48. The van der Waals surface area contributed by atoms with Crippen molar-refractivity contribution in [3.63, 3.8) is 0 Å². The molecule has 0 aromatic carbocycles. The summed E-state index contributed by atoms with van der Waals surface area (Å²) in [7, 11) is 1.33. The van der Waals surface area contributed by atoms with Gasteiger partial charge in [0.15, 0.2) is 0 Å². The number of esters is 1. The predicted molar refractivity (Wildman–Crippen MR) is 58.6 cm³/mol. The van der Waals surface area contributed by atoms with E-state index < -0.39 is 5.97 Å². The minimum Gasteiger partial charge on any atom is -0.466 e. The maximum Gasteiger partial charge on any atom is 0.332 e. The van der Waals surface area contributed by atoms with Gasteiger partial charge in [0.05, 0.1) is 12.1 Å². The zero-order valence-electron chi connectivity index (χ0n) is 8.45. The highest BCUT2D eigenvalue weighted by molar-refractivity contribution is 6.30. The zero-order valence-corrected chi connectivity index (χ0v) is 9.21. The first-order valence-corrected chi connectivity index (χ1v) is 4.64. The zero-order chi connectivity index (χ0) is 11.3. The fourth-order valence-corrected chi connectivity index (χ4v) is 1.04. The van der Waals surface area contributed by atoms with Crippen LogP contribution in [0.4, 0.5) is 5.82 Å². The summed E-state index contributed by atoms with van der Waals surface area (Å²) in [5.41, 5.74) is 0.650. The van der Waals surface area contributed by atoms with Crippen molar-refractivity contribution in [1.82, 2.24) is 4.98 Å². The van der Waals surface area contributed by atoms with Gasteiger partial charge in [0, 0.05) is 18.0 Å². The number of hydrogen-bond acceptors (Lipinski definition) is 4. The molecule has 1 rings (SSSR count). The van der Waals surface area contributed by atoms with Crippen molar-refractivity contribution in [2.24, 2.45) is 0 Å². The van der Waals surface area contributed by atoms with Gasteiger partial charge in [0.1, 0.15) is 5.82 Å². The summed E-state index contributed by atoms with van der Waals surface area (Å²) in [4.78, 5) is 14.9. The van der Waals surface area contributed by atoms with Gasteiger partial charge >= 0.3 is 5.97 Å². The van der Waals surface area contributed by atoms with Gasteiger partial charge in [-0.25, -0.2) is 9.78 Å². The fraction of sp³-hybridized carbons (Fsp3) is 0.200. The fourth-order valence-electron chi connectivity index (χ4n) is 0.924. The molecule has 0 spiro atoms. The lowest BCUT2D eigenvalue weighted by Crippen LogP contribution is -2.02. The van der Waals surface area contributed by atoms with Crippen molar-refractivity contribution < 1.29 is 9.53 Å². The molecule has 0 fully saturated rings. The lowest BCUT2D eigenvalue weighted by atomic mass is 10.4. The van der Waals surface area contributed by atoms with Crippen molar-refractivity contribution in [1.29, 1.82) is 0 Å². The average Bonchev–Trinajstić information content (AvgIpc) is 2.21. The van der Waals surface area contributed by atoms with E-state index in [1.54, 1.807) is 19.1 Å². The molecular formula is C10H11ClN2O2. The molecule has 1 aromatic heterocycles. The summed E-state index contributed by atoms with van der Waals surface area (Å²) in [5.74, 6) is 0.214. The van der Waals surface area contributed by atoms with E-state index in [1.807, 2.05) is 0 Å². The standard InChI is InChI=1S/C10H11ClN2O2/c1-7(5-10(14)15-2)13-9-4-3-8(11)6-12-9/h3-6H,1-2H3,(H,12,13). The van der Waals surface area contributed by atoms with Crippen LogP contribution in [0.1, 0.15) is 6.92 Å². The summed E-state index contributed by atoms with van der Waals surface area (Å²) >= 11 is 5.68. The van der Waals surface area contributed by atoms with E-state index in [4.69, 9.17) is 11.6 Å². The number of halogens is 1. The molecule has 0 radical (unpaired) electrons. The maximum absolute atomic E-state index is 10.9. The molecule has 0 saturated carbocycles. The van der Waals surface area contributed by atoms with Crippen LogP contribution in [-0.4, -0.2) is 18.1 Å². The molecule has 0 bridgehead atoms. The summed E-state index contributed by atoms with van der Waals surface area (Å²) in [6.45, 7) is 1.74. The molecule has 5 heteroatoms. The summed E-state index contributed by atoms with van der Waals surface area (Å²) in [6.07, 6.45) is 2.87. The molecule has 0 atom stereocenters. The van der Waals surface area contributed by atoms with Crippen LogP contribution in [0.25, 0.3) is 0 Å². The third-order valence-corrected chi connectivity index (χ3v) is 1.81. The van der Waals surface area contributed by atoms with E-state index in [0.29, 0.717) is 16.5 Å². The molecule has 0 aliphatic carbocycles. The first-order chi connectivity index (χ1) is 7.11. The van der Waals surface area contributed by atoms with E-state index in [2.05, 4.69) is 15.0 Å². The van der Waals surface area contributed by atoms with Gasteiger partial charge in [-0.2, -0.15) is 0 Å². The van der Waals surface area contributed by atoms with Crippen LogP contribution in [0.2, 0.25) is 5.02 Å². The van der Waals surface area contributed by atoms with Gasteiger partial charge in [-0.05, 0) is 19.1 Å². The first-order valence-electron chi connectivity index (χ1n) is 4.26. The Kier molecular flexibility index (Phi) is 4.12. The number of pyridine rings is 1. The molecule has 0 saturated heterocycles. The monoisotopic (exact) mass is 226 g/mol. The van der Waals surface area contributed by atoms with Gasteiger partial charge in [-0.15, -0.1) is 0 Å². The Morgan fingerprint density at radius 2 is 2.33 bits per heavy atom. The van der Waals surface area contributed by atoms with Gasteiger partial charge in [-0.3, -0.25) is 0 Å². The molecule has 80 valence electrons. The van der Waals surface area contributed by atoms with Crippen LogP contribution in [0, 0.1) is 0 Å². The Morgan fingerprint density at radius 1 is 1.60 bits per heavy atom. The minimum absolute atomic E-state index is 0.408. The molecule has 0 amide bonds. The van der Waals surface area contributed by atoms with E-state index in [-0.39, 0.29) is 0 Å². The van der Waals surface area contributed by atoms with E-state index in [0.717, 1.165) is 0 Å². The molecule has 1 aromatic rings. The normalized spacial score (nSPS) is 11.0. The van der Waals surface area contributed by atoms with Crippen molar-refractivity contribution >= 4 is 23.4 Å². The highest BCUT2D eigenvalue weighted by atomic mass is 35.5. The Labute approximate surface area is 92.9 Å². The van der Waals surface area contributed by atoms with Crippen LogP contribution in [0.5, 0.6) is 0 Å². The number of carbonyl (C=O) groups excluding carboxylic acids is 1. The largest absolute Gasteiger partial charge is 0.466 e. The van der Waals surface area contributed by atoms with Crippen LogP contribution in [-0.2, 0) is 9.53 Å². The molecule has 1 N–H and O–H groups in total. The van der Waals surface area contributed by atoms with Gasteiger partial charge in [0.25, 0.3) is 0 Å². The molecule has 0 unspecified atom stereocenters. The van der Waals surface area contributed by atoms with E-state index >= 15 is 0 Å². The van der Waals surface area contributed by atoms with Gasteiger partial charge in [0.2, 0.25) is 0 Å². The lowest BCUT2D eigenvalue weighted by Gasteiger charge is -2.04. The number of allylic oxidation sites excluding steroid dienone is 1. The van der Waals surface area contributed by atoms with Crippen molar-refractivity contribution in [2.45, 2.75) is 6.92 Å². The molecule has 0 aliphatic heterocycles. The third kappa shape index (κ3) is 3.99. The second kappa shape index (κ2) is 5.36. The first kappa shape index (κ1) is 11.5. The molecule has 4 nitrogen and oxygen atoms in total. The molecule has 1 heterocycles. The second-order valence-corrected chi connectivity index (χ2v) is 3.27. The lowest BCUT2D eigenvalue weighted by molar-refractivity contribution is -0.134. The van der Waals surface area contributed by atoms with Crippen molar-refractivity contribution in [3.8, 4) is 0 Å². The third-order valence-electron chi connectivity index (χ3n) is 1.59. The number of ether oxygens (including phenoxy) is 1. The molecule has 0 aliphatic rings. The Morgan fingerprint density at radius 3 is 2.87 bits per heavy atom. The number of hydrogen-bond donors (Lipinski definition) is 1. The summed E-state index contributed by atoms with van der Waals surface area (Å²) in [6, 6.07) is 3.43. The van der Waals surface area contributed by atoms with Gasteiger partial charge in [-0.1, -0.05) is 11.6 Å². The maximum atomic E-state index is 10.9. The topological polar surface area (TPSA) is 51.2 Å². The average molecular weight is 227 g/mol. The molecule has 15 heavy (non-hydrogen) atoms. The number of methoxy groups -OCH3 is 1. The number of nitrogens with zero attached hydrogens (tertiary/aromatic N) is 1. The SMILES string of the molecule is COC(=O)C=C(C)Nc1ccc(Cl)cn1. The Bertz CT molecular complexity index is 374. The predicted octanol–water partition coefficient (Wildman–Crippen LogP) is 2.22. The second-order valence-electron chi connectivity index (χ2n) is 2.84. The highest BCUT2D eigenvalue weighted by Crippen LogP contribution is 2.11. The number of rotatable bonds is 3. The highest BCUT2D eigenvalue weighted by Gasteiger charge is 1.98. The quantitative estimate of drug-likeness (QED) is 0.634. The number of nitrogens with one attached hydrogen (secondary N) is 1. The van der Waals surface area contributed by atoms with Crippen molar-refractivity contribution in [3.05, 3.63) is 35.1 Å². The van der Waals surface area contributed by atoms with Crippen molar-refractivity contribution in [2.75, 3.05) is 12.4 Å². The van der Waals surface area contributed by atoms with Crippen LogP contribution < -0.4 is 5.32 Å². The summed E-state index contributed by atoms with van der Waals surface area (Å²) in [5, 5.41) is 3.49. The van der Waals surface area contributed by atoms with Crippen LogP contribution in [0.15, 0.2) is 30.1 Å². The smallest absolute Gasteiger partial charge is 0.332 e. The minimum atomic E-state index is -0.408. The van der Waals surface area contributed by atoms with Gasteiger partial charge < -0.3 is 10.1 Å². The van der Waals surface area contributed by atoms with E-state index in [1.165, 1.54) is 19.4 Å². The number of carbonyl (C=O) groups is 1. The molecular weight excluding hydrogens is 216 g/mol. The van der Waals surface area contributed by atoms with Crippen LogP contribution >= 0.6 is 11.6 Å². The van der Waals surface area contributed by atoms with Crippen LogP contribution in [0.3, 0.4) is 0 Å². The Hall–Kier alpha value is -1.55. The van der Waals surface area contributed by atoms with E-state index in [9.17, 15) is 4.79 Å². The Balaban J connectivity index is 2.66. The number of aromatic nitrogens is 1. The number of anilines is 1.